The van der Waals surface area contributed by atoms with Crippen LogP contribution in [0.15, 0.2) is 48.4 Å². The number of pyridine rings is 1. The minimum absolute atomic E-state index is 0.308. The molecule has 0 unspecified atom stereocenters. The summed E-state index contributed by atoms with van der Waals surface area (Å²) in [5.41, 5.74) is 2.24. The third-order valence-electron chi connectivity index (χ3n) is 4.31. The molecule has 0 amide bonds. The summed E-state index contributed by atoms with van der Waals surface area (Å²) in [6, 6.07) is 5.91. The van der Waals surface area contributed by atoms with E-state index >= 15 is 0 Å². The van der Waals surface area contributed by atoms with E-state index in [1.807, 2.05) is 18.3 Å². The molecule has 1 saturated heterocycles. The molecule has 134 valence electrons. The highest BCUT2D eigenvalue weighted by molar-refractivity contribution is 7.13. The predicted molar refractivity (Wildman–Crippen MR) is 100 cm³/mol. The van der Waals surface area contributed by atoms with Crippen molar-refractivity contribution in [1.82, 2.24) is 24.8 Å². The van der Waals surface area contributed by atoms with Crippen LogP contribution in [0.1, 0.15) is 24.1 Å². The van der Waals surface area contributed by atoms with Gasteiger partial charge in [0.2, 0.25) is 0 Å². The van der Waals surface area contributed by atoms with Gasteiger partial charge in [-0.2, -0.15) is 0 Å². The van der Waals surface area contributed by atoms with E-state index in [0.29, 0.717) is 11.9 Å². The average Bonchev–Trinajstić information content (AvgIpc) is 3.35. The smallest absolute Gasteiger partial charge is 0.188 e. The summed E-state index contributed by atoms with van der Waals surface area (Å²) in [7, 11) is 0. The quantitative estimate of drug-likeness (QED) is 0.639. The highest BCUT2D eigenvalue weighted by Gasteiger charge is 2.20. The number of nitrogens with zero attached hydrogens (tertiary/aromatic N) is 5. The van der Waals surface area contributed by atoms with Crippen molar-refractivity contribution in [1.29, 1.82) is 0 Å². The molecule has 26 heavy (non-hydrogen) atoms. The average molecular weight is 367 g/mol. The summed E-state index contributed by atoms with van der Waals surface area (Å²) in [5.74, 6) is 0.682. The zero-order valence-electron chi connectivity index (χ0n) is 14.5. The maximum atomic E-state index is 5.84. The zero-order chi connectivity index (χ0) is 17.6. The van der Waals surface area contributed by atoms with Crippen LogP contribution in [0.5, 0.6) is 0 Å². The molecule has 1 fully saturated rings. The lowest BCUT2D eigenvalue weighted by Gasteiger charge is -2.24. The monoisotopic (exact) mass is 367 g/mol. The molecular formula is C19H21N5OS. The number of thiazole rings is 1. The summed E-state index contributed by atoms with van der Waals surface area (Å²) >= 11 is 1.59. The van der Waals surface area contributed by atoms with Gasteiger partial charge in [-0.3, -0.25) is 9.88 Å². The third-order valence-corrected chi connectivity index (χ3v) is 5.20. The van der Waals surface area contributed by atoms with Gasteiger partial charge in [-0.1, -0.05) is 6.07 Å². The van der Waals surface area contributed by atoms with E-state index in [4.69, 9.17) is 9.72 Å². The van der Waals surface area contributed by atoms with Crippen LogP contribution in [0, 0.1) is 0 Å². The summed E-state index contributed by atoms with van der Waals surface area (Å²) < 4.78 is 5.84. The van der Waals surface area contributed by atoms with E-state index in [-0.39, 0.29) is 0 Å². The fraction of sp³-hybridized carbons (Fsp3) is 0.368. The van der Waals surface area contributed by atoms with Crippen LogP contribution in [-0.2, 0) is 17.8 Å². The number of hydrogen-bond acceptors (Lipinski definition) is 7. The Labute approximate surface area is 156 Å². The molecule has 1 aliphatic heterocycles. The molecule has 1 atom stereocenters. The van der Waals surface area contributed by atoms with Gasteiger partial charge in [-0.15, -0.1) is 11.3 Å². The molecule has 6 nitrogen and oxygen atoms in total. The van der Waals surface area contributed by atoms with Crippen LogP contribution >= 0.6 is 11.3 Å². The summed E-state index contributed by atoms with van der Waals surface area (Å²) in [6.45, 7) is 3.39. The molecule has 0 spiro atoms. The number of ether oxygens (including phenoxy) is 1. The van der Waals surface area contributed by atoms with E-state index in [0.717, 1.165) is 49.8 Å². The molecule has 1 aliphatic rings. The minimum Gasteiger partial charge on any atom is -0.377 e. The SMILES string of the molecule is c1cnc(-c2nc(CN(Cc3cccnc3)C[C@@H]3CCCO3)cs2)nc1. The van der Waals surface area contributed by atoms with Crippen LogP contribution in [-0.4, -0.2) is 44.1 Å². The van der Waals surface area contributed by atoms with Gasteiger partial charge >= 0.3 is 0 Å². The van der Waals surface area contributed by atoms with Gasteiger partial charge in [0.15, 0.2) is 10.8 Å². The fourth-order valence-corrected chi connectivity index (χ4v) is 3.89. The maximum absolute atomic E-state index is 5.84. The van der Waals surface area contributed by atoms with Crippen molar-refractivity contribution < 1.29 is 4.74 Å². The first-order valence-electron chi connectivity index (χ1n) is 8.81. The zero-order valence-corrected chi connectivity index (χ0v) is 15.3. The van der Waals surface area contributed by atoms with E-state index < -0.39 is 0 Å². The van der Waals surface area contributed by atoms with Crippen LogP contribution in [0.25, 0.3) is 10.8 Å². The molecule has 0 aliphatic carbocycles. The van der Waals surface area contributed by atoms with Crippen LogP contribution in [0.4, 0.5) is 0 Å². The Hall–Kier alpha value is -2.22. The predicted octanol–water partition coefficient (Wildman–Crippen LogP) is 3.18. The maximum Gasteiger partial charge on any atom is 0.188 e. The first-order valence-corrected chi connectivity index (χ1v) is 9.69. The second-order valence-electron chi connectivity index (χ2n) is 6.38. The highest BCUT2D eigenvalue weighted by atomic mass is 32.1. The Bertz CT molecular complexity index is 805. The van der Waals surface area contributed by atoms with Crippen molar-refractivity contribution in [2.75, 3.05) is 13.2 Å². The molecular weight excluding hydrogens is 346 g/mol. The summed E-state index contributed by atoms with van der Waals surface area (Å²) in [5, 5.41) is 2.95. The first-order chi connectivity index (χ1) is 12.9. The van der Waals surface area contributed by atoms with Gasteiger partial charge in [0.05, 0.1) is 11.8 Å². The molecule has 3 aromatic heterocycles. The van der Waals surface area contributed by atoms with E-state index in [1.54, 1.807) is 29.9 Å². The summed E-state index contributed by atoms with van der Waals surface area (Å²) in [4.78, 5) is 19.9. The van der Waals surface area contributed by atoms with Crippen molar-refractivity contribution in [2.24, 2.45) is 0 Å². The van der Waals surface area contributed by atoms with Crippen LogP contribution < -0.4 is 0 Å². The Balaban J connectivity index is 1.47. The third kappa shape index (κ3) is 4.49. The number of hydrogen-bond donors (Lipinski definition) is 0. The second kappa shape index (κ2) is 8.44. The number of aromatic nitrogens is 4. The molecule has 4 heterocycles. The van der Waals surface area contributed by atoms with Crippen molar-refractivity contribution in [2.45, 2.75) is 32.0 Å². The van der Waals surface area contributed by atoms with Crippen LogP contribution in [0.2, 0.25) is 0 Å². The van der Waals surface area contributed by atoms with Gasteiger partial charge in [0.1, 0.15) is 0 Å². The normalized spacial score (nSPS) is 17.0. The Morgan fingerprint density at radius 3 is 2.85 bits per heavy atom. The van der Waals surface area contributed by atoms with Crippen molar-refractivity contribution in [3.63, 3.8) is 0 Å². The van der Waals surface area contributed by atoms with E-state index in [1.165, 1.54) is 5.56 Å². The van der Waals surface area contributed by atoms with Gasteiger partial charge in [0, 0.05) is 56.4 Å². The topological polar surface area (TPSA) is 64.0 Å². The molecule has 0 N–H and O–H groups in total. The van der Waals surface area contributed by atoms with Gasteiger partial charge in [-0.05, 0) is 30.5 Å². The molecule has 0 bridgehead atoms. The van der Waals surface area contributed by atoms with Crippen molar-refractivity contribution in [3.8, 4) is 10.8 Å². The van der Waals surface area contributed by atoms with Crippen LogP contribution in [0.3, 0.4) is 0 Å². The van der Waals surface area contributed by atoms with Gasteiger partial charge in [-0.25, -0.2) is 15.0 Å². The molecule has 4 rings (SSSR count). The summed E-state index contributed by atoms with van der Waals surface area (Å²) in [6.07, 6.45) is 9.81. The van der Waals surface area contributed by atoms with Crippen molar-refractivity contribution >= 4 is 11.3 Å². The molecule has 0 aromatic carbocycles. The van der Waals surface area contributed by atoms with Gasteiger partial charge in [0.25, 0.3) is 0 Å². The highest BCUT2D eigenvalue weighted by Crippen LogP contribution is 2.22. The van der Waals surface area contributed by atoms with Crippen molar-refractivity contribution in [3.05, 3.63) is 59.6 Å². The molecule has 0 saturated carbocycles. The minimum atomic E-state index is 0.308. The molecule has 7 heteroatoms. The number of rotatable bonds is 7. The molecule has 0 radical (unpaired) electrons. The standard InChI is InChI=1S/C19H21N5OS/c1-4-15(10-20-6-1)11-24(13-17-5-2-9-25-17)12-16-14-26-19(23-16)18-21-7-3-8-22-18/h1,3-4,6-8,10,14,17H,2,5,9,11-13H2/t17-/m0/s1. The van der Waals surface area contributed by atoms with Gasteiger partial charge < -0.3 is 4.74 Å². The lowest BCUT2D eigenvalue weighted by atomic mass is 10.2. The van der Waals surface area contributed by atoms with E-state index in [9.17, 15) is 0 Å². The second-order valence-corrected chi connectivity index (χ2v) is 7.24. The Kier molecular flexibility index (Phi) is 5.59. The Morgan fingerprint density at radius 1 is 1.15 bits per heavy atom. The lowest BCUT2D eigenvalue weighted by molar-refractivity contribution is 0.0675. The molecule has 3 aromatic rings. The first kappa shape index (κ1) is 17.2. The Morgan fingerprint density at radius 2 is 2.08 bits per heavy atom. The van der Waals surface area contributed by atoms with E-state index in [2.05, 4.69) is 31.3 Å². The fourth-order valence-electron chi connectivity index (χ4n) is 3.13. The largest absolute Gasteiger partial charge is 0.377 e. The lowest BCUT2D eigenvalue weighted by Crippen LogP contribution is -2.31.